The summed E-state index contributed by atoms with van der Waals surface area (Å²) in [6.45, 7) is 4.61. The Morgan fingerprint density at radius 3 is 3.00 bits per heavy atom. The van der Waals surface area contributed by atoms with Crippen LogP contribution < -0.4 is 5.32 Å². The lowest BCUT2D eigenvalue weighted by molar-refractivity contribution is 0.187. The Bertz CT molecular complexity index is 665. The largest absolute Gasteiger partial charge is 0.360 e. The summed E-state index contributed by atoms with van der Waals surface area (Å²) in [5.41, 5.74) is 2.61. The molecule has 0 fully saturated rings. The minimum absolute atomic E-state index is 0.114. The summed E-state index contributed by atoms with van der Waals surface area (Å²) in [7, 11) is 0. The zero-order chi connectivity index (χ0) is 15.5. The topological polar surface area (TPSA) is 58.4 Å². The molecule has 1 N–H and O–H groups in total. The number of aromatic nitrogens is 1. The van der Waals surface area contributed by atoms with Crippen LogP contribution in [0.15, 0.2) is 34.9 Å². The number of fused-ring (bicyclic) bond motifs is 1. The number of hydrogen-bond acceptors (Lipinski definition) is 3. The van der Waals surface area contributed by atoms with E-state index in [0.29, 0.717) is 11.6 Å². The molecule has 2 aromatic rings. The second-order valence-corrected chi connectivity index (χ2v) is 5.70. The summed E-state index contributed by atoms with van der Waals surface area (Å²) in [6, 6.07) is 10.1. The van der Waals surface area contributed by atoms with Crippen LogP contribution in [0.4, 0.5) is 10.6 Å². The van der Waals surface area contributed by atoms with E-state index in [0.717, 1.165) is 25.8 Å². The van der Waals surface area contributed by atoms with Gasteiger partial charge in [0, 0.05) is 12.6 Å². The third-order valence-corrected chi connectivity index (χ3v) is 4.07. The Morgan fingerprint density at radius 2 is 2.27 bits per heavy atom. The monoisotopic (exact) mass is 299 g/mol. The molecule has 1 atom stereocenters. The van der Waals surface area contributed by atoms with Gasteiger partial charge in [0.15, 0.2) is 5.82 Å². The maximum absolute atomic E-state index is 12.6. The molecule has 5 heteroatoms. The SMILES string of the molecule is CCCN(C(=O)Nc1cc(C)on1)[C@@H]1CCc2ccccc21. The second kappa shape index (κ2) is 6.22. The fraction of sp³-hybridized carbons (Fsp3) is 0.412. The average Bonchev–Trinajstić information content (AvgIpc) is 3.11. The molecule has 0 aliphatic heterocycles. The van der Waals surface area contributed by atoms with Crippen LogP contribution in [-0.2, 0) is 6.42 Å². The minimum Gasteiger partial charge on any atom is -0.360 e. The normalized spacial score (nSPS) is 16.4. The molecular formula is C17H21N3O2. The van der Waals surface area contributed by atoms with Crippen LogP contribution in [0.2, 0.25) is 0 Å². The van der Waals surface area contributed by atoms with Crippen molar-refractivity contribution in [2.24, 2.45) is 0 Å². The van der Waals surface area contributed by atoms with Gasteiger partial charge in [-0.3, -0.25) is 5.32 Å². The van der Waals surface area contributed by atoms with Crippen molar-refractivity contribution >= 4 is 11.8 Å². The number of carbonyl (C=O) groups is 1. The molecule has 2 amide bonds. The molecule has 0 saturated heterocycles. The number of amides is 2. The van der Waals surface area contributed by atoms with Crippen LogP contribution in [0, 0.1) is 6.92 Å². The first-order valence-electron chi connectivity index (χ1n) is 7.77. The molecule has 0 unspecified atom stereocenters. The summed E-state index contributed by atoms with van der Waals surface area (Å²) in [6.07, 6.45) is 2.92. The summed E-state index contributed by atoms with van der Waals surface area (Å²) >= 11 is 0. The zero-order valence-electron chi connectivity index (χ0n) is 13.0. The molecule has 1 aromatic carbocycles. The van der Waals surface area contributed by atoms with E-state index < -0.39 is 0 Å². The Hall–Kier alpha value is -2.30. The standard InChI is InChI=1S/C17H21N3O2/c1-3-10-20(17(21)18-16-11-12(2)22-19-16)15-9-8-13-6-4-5-7-14(13)15/h4-7,11,15H,3,8-10H2,1-2H3,(H,18,19,21)/t15-/m1/s1. The van der Waals surface area contributed by atoms with Gasteiger partial charge in [-0.1, -0.05) is 36.3 Å². The van der Waals surface area contributed by atoms with Crippen molar-refractivity contribution in [2.45, 2.75) is 39.2 Å². The Balaban J connectivity index is 1.79. The lowest BCUT2D eigenvalue weighted by atomic mass is 10.1. The molecule has 1 aromatic heterocycles. The number of aryl methyl sites for hydroxylation is 2. The van der Waals surface area contributed by atoms with Crippen LogP contribution in [0.5, 0.6) is 0 Å². The van der Waals surface area contributed by atoms with Crippen molar-refractivity contribution in [1.82, 2.24) is 10.1 Å². The van der Waals surface area contributed by atoms with Gasteiger partial charge in [-0.15, -0.1) is 0 Å². The molecule has 1 aliphatic carbocycles. The Labute approximate surface area is 130 Å². The smallest absolute Gasteiger partial charge is 0.323 e. The first-order valence-corrected chi connectivity index (χ1v) is 7.77. The van der Waals surface area contributed by atoms with Crippen molar-refractivity contribution in [3.8, 4) is 0 Å². The highest BCUT2D eigenvalue weighted by atomic mass is 16.5. The lowest BCUT2D eigenvalue weighted by Gasteiger charge is -2.29. The molecule has 1 heterocycles. The molecule has 1 aliphatic rings. The van der Waals surface area contributed by atoms with Crippen molar-refractivity contribution in [3.05, 3.63) is 47.2 Å². The van der Waals surface area contributed by atoms with E-state index in [9.17, 15) is 4.79 Å². The van der Waals surface area contributed by atoms with Crippen LogP contribution >= 0.6 is 0 Å². The van der Waals surface area contributed by atoms with Crippen molar-refractivity contribution in [2.75, 3.05) is 11.9 Å². The van der Waals surface area contributed by atoms with Crippen molar-refractivity contribution < 1.29 is 9.32 Å². The highest BCUT2D eigenvalue weighted by Crippen LogP contribution is 2.35. The van der Waals surface area contributed by atoms with Crippen molar-refractivity contribution in [1.29, 1.82) is 0 Å². The zero-order valence-corrected chi connectivity index (χ0v) is 13.0. The van der Waals surface area contributed by atoms with E-state index in [1.165, 1.54) is 11.1 Å². The summed E-state index contributed by atoms with van der Waals surface area (Å²) < 4.78 is 5.00. The molecule has 3 rings (SSSR count). The molecule has 0 spiro atoms. The number of anilines is 1. The van der Waals surface area contributed by atoms with Gasteiger partial charge in [-0.05, 0) is 37.3 Å². The number of nitrogens with one attached hydrogen (secondary N) is 1. The van der Waals surface area contributed by atoms with E-state index in [-0.39, 0.29) is 12.1 Å². The first kappa shape index (κ1) is 14.6. The number of carbonyl (C=O) groups excluding carboxylic acids is 1. The van der Waals surface area contributed by atoms with Gasteiger partial charge in [0.2, 0.25) is 0 Å². The van der Waals surface area contributed by atoms with Gasteiger partial charge in [-0.2, -0.15) is 0 Å². The molecule has 5 nitrogen and oxygen atoms in total. The summed E-state index contributed by atoms with van der Waals surface area (Å²) in [4.78, 5) is 14.6. The number of nitrogens with zero attached hydrogens (tertiary/aromatic N) is 2. The van der Waals surface area contributed by atoms with Gasteiger partial charge in [0.1, 0.15) is 5.76 Å². The summed E-state index contributed by atoms with van der Waals surface area (Å²) in [5.74, 6) is 1.15. The van der Waals surface area contributed by atoms with Crippen LogP contribution in [0.25, 0.3) is 0 Å². The van der Waals surface area contributed by atoms with Crippen molar-refractivity contribution in [3.63, 3.8) is 0 Å². The highest BCUT2D eigenvalue weighted by molar-refractivity contribution is 5.88. The number of rotatable bonds is 4. The summed E-state index contributed by atoms with van der Waals surface area (Å²) in [5, 5.41) is 6.67. The fourth-order valence-corrected chi connectivity index (χ4v) is 3.10. The number of hydrogen-bond donors (Lipinski definition) is 1. The molecule has 0 bridgehead atoms. The third kappa shape index (κ3) is 2.84. The first-order chi connectivity index (χ1) is 10.7. The number of benzene rings is 1. The maximum atomic E-state index is 12.6. The van der Waals surface area contributed by atoms with Crippen LogP contribution in [0.1, 0.15) is 42.7 Å². The van der Waals surface area contributed by atoms with Gasteiger partial charge < -0.3 is 9.42 Å². The van der Waals surface area contributed by atoms with E-state index in [1.54, 1.807) is 13.0 Å². The van der Waals surface area contributed by atoms with Crippen LogP contribution in [-0.4, -0.2) is 22.6 Å². The predicted molar refractivity (Wildman–Crippen MR) is 84.8 cm³/mol. The van der Waals surface area contributed by atoms with Gasteiger partial charge in [0.05, 0.1) is 6.04 Å². The van der Waals surface area contributed by atoms with E-state index in [1.807, 2.05) is 11.0 Å². The Morgan fingerprint density at radius 1 is 1.45 bits per heavy atom. The Kier molecular flexibility index (Phi) is 4.13. The highest BCUT2D eigenvalue weighted by Gasteiger charge is 2.30. The fourth-order valence-electron chi connectivity index (χ4n) is 3.10. The molecule has 0 radical (unpaired) electrons. The quantitative estimate of drug-likeness (QED) is 0.931. The van der Waals surface area contributed by atoms with Gasteiger partial charge >= 0.3 is 6.03 Å². The van der Waals surface area contributed by atoms with E-state index >= 15 is 0 Å². The van der Waals surface area contributed by atoms with Gasteiger partial charge in [0.25, 0.3) is 0 Å². The predicted octanol–water partition coefficient (Wildman–Crippen LogP) is 3.91. The maximum Gasteiger partial charge on any atom is 0.323 e. The lowest BCUT2D eigenvalue weighted by Crippen LogP contribution is -2.38. The van der Waals surface area contributed by atoms with E-state index in [2.05, 4.69) is 35.6 Å². The minimum atomic E-state index is -0.114. The molecular weight excluding hydrogens is 278 g/mol. The molecule has 0 saturated carbocycles. The molecule has 116 valence electrons. The van der Waals surface area contributed by atoms with Gasteiger partial charge in [-0.25, -0.2) is 4.79 Å². The molecule has 22 heavy (non-hydrogen) atoms. The average molecular weight is 299 g/mol. The third-order valence-electron chi connectivity index (χ3n) is 4.07. The van der Waals surface area contributed by atoms with Crippen LogP contribution in [0.3, 0.4) is 0 Å². The second-order valence-electron chi connectivity index (χ2n) is 5.70. The van der Waals surface area contributed by atoms with E-state index in [4.69, 9.17) is 4.52 Å². The number of urea groups is 1.